The zero-order valence-electron chi connectivity index (χ0n) is 9.19. The average molecular weight is 255 g/mol. The van der Waals surface area contributed by atoms with Crippen molar-refractivity contribution in [3.8, 4) is 0 Å². The van der Waals surface area contributed by atoms with E-state index in [1.165, 1.54) is 6.07 Å². The normalized spacial score (nSPS) is 12.7. The van der Waals surface area contributed by atoms with Gasteiger partial charge in [-0.2, -0.15) is 0 Å². The van der Waals surface area contributed by atoms with Crippen LogP contribution in [0.1, 0.15) is 17.3 Å². The first kappa shape index (κ1) is 12.0. The van der Waals surface area contributed by atoms with Crippen LogP contribution in [-0.2, 0) is 7.05 Å². The van der Waals surface area contributed by atoms with Crippen molar-refractivity contribution in [3.63, 3.8) is 0 Å². The lowest BCUT2D eigenvalue weighted by Crippen LogP contribution is -2.29. The third-order valence-electron chi connectivity index (χ3n) is 2.46. The van der Waals surface area contributed by atoms with Crippen LogP contribution in [0, 0.1) is 5.82 Å². The van der Waals surface area contributed by atoms with Crippen LogP contribution in [0.4, 0.5) is 4.39 Å². The molecule has 2 aromatic rings. The Morgan fingerprint density at radius 1 is 1.53 bits per heavy atom. The number of hydrogen-bond donors (Lipinski definition) is 2. The highest BCUT2D eigenvalue weighted by Crippen LogP contribution is 2.24. The van der Waals surface area contributed by atoms with Crippen molar-refractivity contribution in [2.24, 2.45) is 12.9 Å². The minimum absolute atomic E-state index is 0.350. The van der Waals surface area contributed by atoms with Gasteiger partial charge in [0.2, 0.25) is 0 Å². The number of imidazole rings is 1. The smallest absolute Gasteiger partial charge is 0.129 e. The molecular weight excluding hydrogens is 243 g/mol. The predicted molar refractivity (Wildman–Crippen MR) is 63.8 cm³/mol. The fraction of sp³-hybridized carbons (Fsp3) is 0.182. The fourth-order valence-corrected chi connectivity index (χ4v) is 1.81. The molecule has 1 aromatic heterocycles. The summed E-state index contributed by atoms with van der Waals surface area (Å²) in [5.74, 6) is 5.04. The number of aromatic nitrogens is 2. The van der Waals surface area contributed by atoms with Crippen molar-refractivity contribution in [1.82, 2.24) is 15.0 Å². The minimum atomic E-state index is -0.492. The molecule has 1 heterocycles. The maximum atomic E-state index is 13.8. The molecule has 0 bridgehead atoms. The predicted octanol–water partition coefficient (Wildman–Crippen LogP) is 1.77. The Labute approximate surface area is 103 Å². The second-order valence-electron chi connectivity index (χ2n) is 3.73. The van der Waals surface area contributed by atoms with Crippen LogP contribution in [0.25, 0.3) is 0 Å². The molecule has 17 heavy (non-hydrogen) atoms. The first-order chi connectivity index (χ1) is 8.11. The van der Waals surface area contributed by atoms with E-state index in [2.05, 4.69) is 10.4 Å². The highest BCUT2D eigenvalue weighted by Gasteiger charge is 2.18. The first-order valence-electron chi connectivity index (χ1n) is 5.00. The summed E-state index contributed by atoms with van der Waals surface area (Å²) in [6, 6.07) is 3.97. The summed E-state index contributed by atoms with van der Waals surface area (Å²) in [5.41, 5.74) is 3.61. The zero-order valence-corrected chi connectivity index (χ0v) is 9.95. The van der Waals surface area contributed by atoms with Crippen LogP contribution in [0.2, 0.25) is 5.02 Å². The number of hydrogen-bond acceptors (Lipinski definition) is 3. The number of benzene rings is 1. The molecule has 90 valence electrons. The molecule has 0 spiro atoms. The molecule has 0 saturated carbocycles. The molecule has 0 saturated heterocycles. The standard InChI is InChI=1S/C11H12ClFN4/c1-17-5-10(15-6-17)11(16-14)8-3-2-7(12)4-9(8)13/h2-6,11,16H,14H2,1H3. The van der Waals surface area contributed by atoms with Gasteiger partial charge in [-0.15, -0.1) is 0 Å². The van der Waals surface area contributed by atoms with E-state index in [1.807, 2.05) is 7.05 Å². The summed E-state index contributed by atoms with van der Waals surface area (Å²) in [4.78, 5) is 4.15. The lowest BCUT2D eigenvalue weighted by atomic mass is 10.0. The van der Waals surface area contributed by atoms with Crippen molar-refractivity contribution in [2.45, 2.75) is 6.04 Å². The second-order valence-corrected chi connectivity index (χ2v) is 4.17. The molecule has 0 fully saturated rings. The van der Waals surface area contributed by atoms with Gasteiger partial charge in [0.25, 0.3) is 0 Å². The summed E-state index contributed by atoms with van der Waals surface area (Å²) in [5, 5.41) is 0.350. The molecule has 0 aliphatic carbocycles. The maximum absolute atomic E-state index is 13.8. The molecule has 1 unspecified atom stereocenters. The molecular formula is C11H12ClFN4. The van der Waals surface area contributed by atoms with E-state index in [9.17, 15) is 4.39 Å². The first-order valence-corrected chi connectivity index (χ1v) is 5.38. The van der Waals surface area contributed by atoms with Crippen LogP contribution >= 0.6 is 11.6 Å². The van der Waals surface area contributed by atoms with Crippen molar-refractivity contribution in [3.05, 3.63) is 52.8 Å². The molecule has 1 atom stereocenters. The van der Waals surface area contributed by atoms with Crippen molar-refractivity contribution in [1.29, 1.82) is 0 Å². The third-order valence-corrected chi connectivity index (χ3v) is 2.70. The summed E-state index contributed by atoms with van der Waals surface area (Å²) < 4.78 is 15.5. The lowest BCUT2D eigenvalue weighted by Gasteiger charge is -2.14. The topological polar surface area (TPSA) is 55.9 Å². The number of nitrogens with zero attached hydrogens (tertiary/aromatic N) is 2. The van der Waals surface area contributed by atoms with E-state index in [4.69, 9.17) is 17.4 Å². The van der Waals surface area contributed by atoms with Crippen LogP contribution in [0.5, 0.6) is 0 Å². The number of rotatable bonds is 3. The van der Waals surface area contributed by atoms with Crippen molar-refractivity contribution in [2.75, 3.05) is 0 Å². The molecule has 0 aliphatic heterocycles. The number of aryl methyl sites for hydroxylation is 1. The summed E-state index contributed by atoms with van der Waals surface area (Å²) >= 11 is 5.70. The summed E-state index contributed by atoms with van der Waals surface area (Å²) in [6.07, 6.45) is 3.41. The monoisotopic (exact) mass is 254 g/mol. The van der Waals surface area contributed by atoms with E-state index in [-0.39, 0.29) is 0 Å². The number of nitrogens with two attached hydrogens (primary N) is 1. The van der Waals surface area contributed by atoms with Crippen molar-refractivity contribution < 1.29 is 4.39 Å². The molecule has 4 nitrogen and oxygen atoms in total. The van der Waals surface area contributed by atoms with Crippen LogP contribution in [-0.4, -0.2) is 9.55 Å². The van der Waals surface area contributed by atoms with Crippen LogP contribution in [0.3, 0.4) is 0 Å². The molecule has 6 heteroatoms. The van der Waals surface area contributed by atoms with Gasteiger partial charge >= 0.3 is 0 Å². The van der Waals surface area contributed by atoms with E-state index in [0.717, 1.165) is 0 Å². The molecule has 3 N–H and O–H groups in total. The van der Waals surface area contributed by atoms with Gasteiger partial charge in [0.1, 0.15) is 5.82 Å². The molecule has 1 aromatic carbocycles. The van der Waals surface area contributed by atoms with E-state index in [0.29, 0.717) is 16.3 Å². The van der Waals surface area contributed by atoms with Gasteiger partial charge in [0.05, 0.1) is 18.1 Å². The van der Waals surface area contributed by atoms with Gasteiger partial charge in [-0.25, -0.2) is 14.8 Å². The van der Waals surface area contributed by atoms with Crippen LogP contribution in [0.15, 0.2) is 30.7 Å². The van der Waals surface area contributed by atoms with E-state index in [1.54, 1.807) is 29.2 Å². The molecule has 0 aliphatic rings. The number of hydrazine groups is 1. The summed E-state index contributed by atoms with van der Waals surface area (Å²) in [6.45, 7) is 0. The minimum Gasteiger partial charge on any atom is -0.340 e. The van der Waals surface area contributed by atoms with Gasteiger partial charge in [-0.05, 0) is 12.1 Å². The Balaban J connectivity index is 2.42. The fourth-order valence-electron chi connectivity index (χ4n) is 1.65. The van der Waals surface area contributed by atoms with Gasteiger partial charge in [-0.3, -0.25) is 5.84 Å². The van der Waals surface area contributed by atoms with Crippen LogP contribution < -0.4 is 11.3 Å². The highest BCUT2D eigenvalue weighted by molar-refractivity contribution is 6.30. The SMILES string of the molecule is Cn1cnc(C(NN)c2ccc(Cl)cc2F)c1. The largest absolute Gasteiger partial charge is 0.340 e. The summed E-state index contributed by atoms with van der Waals surface area (Å²) in [7, 11) is 1.84. The van der Waals surface area contributed by atoms with E-state index >= 15 is 0 Å². The van der Waals surface area contributed by atoms with Gasteiger partial charge in [-0.1, -0.05) is 17.7 Å². The Morgan fingerprint density at radius 3 is 2.82 bits per heavy atom. The Hall–Kier alpha value is -1.43. The van der Waals surface area contributed by atoms with Crippen molar-refractivity contribution >= 4 is 11.6 Å². The lowest BCUT2D eigenvalue weighted by molar-refractivity contribution is 0.554. The molecule has 0 amide bonds. The second kappa shape index (κ2) is 4.83. The number of halogens is 2. The molecule has 0 radical (unpaired) electrons. The Kier molecular flexibility index (Phi) is 3.42. The van der Waals surface area contributed by atoms with Gasteiger partial charge in [0, 0.05) is 23.8 Å². The third kappa shape index (κ3) is 2.46. The average Bonchev–Trinajstić information content (AvgIpc) is 2.69. The van der Waals surface area contributed by atoms with Gasteiger partial charge in [0.15, 0.2) is 0 Å². The zero-order chi connectivity index (χ0) is 12.4. The molecule has 2 rings (SSSR count). The Bertz CT molecular complexity index is 526. The van der Waals surface area contributed by atoms with Gasteiger partial charge < -0.3 is 4.57 Å². The number of nitrogens with one attached hydrogen (secondary N) is 1. The quantitative estimate of drug-likeness (QED) is 0.648. The van der Waals surface area contributed by atoms with E-state index < -0.39 is 11.9 Å². The highest BCUT2D eigenvalue weighted by atomic mass is 35.5. The maximum Gasteiger partial charge on any atom is 0.129 e. The Morgan fingerprint density at radius 2 is 2.29 bits per heavy atom.